The maximum absolute atomic E-state index is 12.0. The Kier molecular flexibility index (Phi) is 4.89. The molecule has 1 heterocycles. The van der Waals surface area contributed by atoms with E-state index in [0.29, 0.717) is 5.75 Å². The highest BCUT2D eigenvalue weighted by Crippen LogP contribution is 2.25. The minimum Gasteiger partial charge on any atom is -0.483 e. The average molecular weight is 422 g/mol. The smallest absolute Gasteiger partial charge is 0.277 e. The van der Waals surface area contributed by atoms with E-state index in [-0.39, 0.29) is 12.5 Å². The van der Waals surface area contributed by atoms with Gasteiger partial charge in [0.25, 0.3) is 5.91 Å². The summed E-state index contributed by atoms with van der Waals surface area (Å²) in [6.07, 6.45) is 3.46. The highest BCUT2D eigenvalue weighted by molar-refractivity contribution is 9.10. The lowest BCUT2D eigenvalue weighted by atomic mass is 10.1. The Labute approximate surface area is 164 Å². The van der Waals surface area contributed by atoms with Gasteiger partial charge in [-0.05, 0) is 29.7 Å². The normalized spacial score (nSPS) is 11.3. The predicted octanol–water partition coefficient (Wildman–Crippen LogP) is 4.61. The summed E-state index contributed by atoms with van der Waals surface area (Å²) >= 11 is 3.46. The molecule has 2 N–H and O–H groups in total. The third-order valence-electron chi connectivity index (χ3n) is 4.18. The van der Waals surface area contributed by atoms with Crippen LogP contribution >= 0.6 is 15.9 Å². The Morgan fingerprint density at radius 1 is 1.11 bits per heavy atom. The van der Waals surface area contributed by atoms with Gasteiger partial charge >= 0.3 is 0 Å². The number of aromatic nitrogens is 1. The quantitative estimate of drug-likeness (QED) is 0.364. The maximum atomic E-state index is 12.0. The Bertz CT molecular complexity index is 1150. The molecule has 3 aromatic carbocycles. The predicted molar refractivity (Wildman–Crippen MR) is 111 cm³/mol. The molecule has 5 nitrogen and oxygen atoms in total. The third-order valence-corrected chi connectivity index (χ3v) is 4.67. The number of aromatic amines is 1. The third kappa shape index (κ3) is 3.85. The van der Waals surface area contributed by atoms with Crippen molar-refractivity contribution in [1.82, 2.24) is 10.4 Å². The molecule has 0 aliphatic heterocycles. The number of fused-ring (bicyclic) bond motifs is 2. The molecule has 0 bridgehead atoms. The van der Waals surface area contributed by atoms with Gasteiger partial charge in [0.15, 0.2) is 6.61 Å². The van der Waals surface area contributed by atoms with E-state index in [2.05, 4.69) is 31.4 Å². The van der Waals surface area contributed by atoms with E-state index in [1.807, 2.05) is 66.9 Å². The van der Waals surface area contributed by atoms with Crippen molar-refractivity contribution in [2.24, 2.45) is 5.10 Å². The summed E-state index contributed by atoms with van der Waals surface area (Å²) in [4.78, 5) is 15.2. The van der Waals surface area contributed by atoms with Gasteiger partial charge in [-0.1, -0.05) is 52.3 Å². The van der Waals surface area contributed by atoms with Gasteiger partial charge in [0.2, 0.25) is 0 Å². The fourth-order valence-electron chi connectivity index (χ4n) is 2.89. The van der Waals surface area contributed by atoms with Crippen molar-refractivity contribution >= 4 is 49.7 Å². The van der Waals surface area contributed by atoms with Crippen molar-refractivity contribution in [2.75, 3.05) is 6.61 Å². The second-order valence-corrected chi connectivity index (χ2v) is 6.91. The first-order valence-electron chi connectivity index (χ1n) is 8.40. The molecule has 6 heteroatoms. The molecule has 4 rings (SSSR count). The molecule has 0 fully saturated rings. The van der Waals surface area contributed by atoms with Gasteiger partial charge in [-0.2, -0.15) is 5.10 Å². The molecular weight excluding hydrogens is 406 g/mol. The lowest BCUT2D eigenvalue weighted by Gasteiger charge is -2.08. The van der Waals surface area contributed by atoms with Crippen LogP contribution in [0.15, 0.2) is 76.4 Å². The van der Waals surface area contributed by atoms with Gasteiger partial charge in [-0.15, -0.1) is 0 Å². The standard InChI is InChI=1S/C21H16BrN3O2/c22-16-8-9-19-18(10-16)15(11-23-19)12-24-25-21(26)13-27-20-7-3-5-14-4-1-2-6-17(14)20/h1-12,23H,13H2,(H,25,26)/b24-12-. The number of carbonyl (C=O) groups excluding carboxylic acids is 1. The highest BCUT2D eigenvalue weighted by atomic mass is 79.9. The number of rotatable bonds is 5. The Hall–Kier alpha value is -3.12. The summed E-state index contributed by atoms with van der Waals surface area (Å²) in [6, 6.07) is 19.6. The number of H-pyrrole nitrogens is 1. The summed E-state index contributed by atoms with van der Waals surface area (Å²) < 4.78 is 6.64. The average Bonchev–Trinajstić information content (AvgIpc) is 3.08. The molecule has 0 saturated heterocycles. The number of halogens is 1. The van der Waals surface area contributed by atoms with Crippen molar-refractivity contribution in [1.29, 1.82) is 0 Å². The number of hydrogen-bond donors (Lipinski definition) is 2. The zero-order valence-corrected chi connectivity index (χ0v) is 15.9. The van der Waals surface area contributed by atoms with E-state index >= 15 is 0 Å². The number of hydrogen-bond acceptors (Lipinski definition) is 3. The molecule has 0 radical (unpaired) electrons. The topological polar surface area (TPSA) is 66.5 Å². The van der Waals surface area contributed by atoms with Gasteiger partial charge < -0.3 is 9.72 Å². The van der Waals surface area contributed by atoms with E-state index in [4.69, 9.17) is 4.74 Å². The summed E-state index contributed by atoms with van der Waals surface area (Å²) in [6.45, 7) is -0.106. The molecule has 0 atom stereocenters. The van der Waals surface area contributed by atoms with Crippen LogP contribution in [0.2, 0.25) is 0 Å². The number of nitrogens with zero attached hydrogens (tertiary/aromatic N) is 1. The highest BCUT2D eigenvalue weighted by Gasteiger charge is 2.06. The van der Waals surface area contributed by atoms with Crippen LogP contribution < -0.4 is 10.2 Å². The molecule has 1 amide bonds. The zero-order valence-electron chi connectivity index (χ0n) is 14.3. The van der Waals surface area contributed by atoms with Gasteiger partial charge in [-0.25, -0.2) is 5.43 Å². The molecular formula is C21H16BrN3O2. The van der Waals surface area contributed by atoms with Crippen molar-refractivity contribution in [3.05, 3.63) is 76.9 Å². The van der Waals surface area contributed by atoms with Crippen LogP contribution in [0, 0.1) is 0 Å². The lowest BCUT2D eigenvalue weighted by Crippen LogP contribution is -2.24. The number of hydrazone groups is 1. The maximum Gasteiger partial charge on any atom is 0.277 e. The molecule has 0 unspecified atom stereocenters. The number of nitrogens with one attached hydrogen (secondary N) is 2. The van der Waals surface area contributed by atoms with Crippen LogP contribution in [-0.2, 0) is 4.79 Å². The molecule has 0 aliphatic carbocycles. The summed E-state index contributed by atoms with van der Waals surface area (Å²) in [5.41, 5.74) is 4.39. The van der Waals surface area contributed by atoms with E-state index in [1.165, 1.54) is 0 Å². The van der Waals surface area contributed by atoms with Crippen molar-refractivity contribution < 1.29 is 9.53 Å². The first-order valence-corrected chi connectivity index (χ1v) is 9.19. The lowest BCUT2D eigenvalue weighted by molar-refractivity contribution is -0.123. The molecule has 27 heavy (non-hydrogen) atoms. The second kappa shape index (κ2) is 7.63. The molecule has 1 aromatic heterocycles. The first kappa shape index (κ1) is 17.3. The van der Waals surface area contributed by atoms with E-state index in [9.17, 15) is 4.79 Å². The van der Waals surface area contributed by atoms with Crippen LogP contribution in [0.4, 0.5) is 0 Å². The van der Waals surface area contributed by atoms with Crippen LogP contribution in [-0.4, -0.2) is 23.7 Å². The first-order chi connectivity index (χ1) is 13.2. The molecule has 134 valence electrons. The van der Waals surface area contributed by atoms with Crippen LogP contribution in [0.25, 0.3) is 21.7 Å². The van der Waals surface area contributed by atoms with Gasteiger partial charge in [0, 0.05) is 32.5 Å². The van der Waals surface area contributed by atoms with Crippen LogP contribution in [0.5, 0.6) is 5.75 Å². The minimum atomic E-state index is -0.319. The number of carbonyl (C=O) groups is 1. The van der Waals surface area contributed by atoms with Crippen molar-refractivity contribution in [2.45, 2.75) is 0 Å². The summed E-state index contributed by atoms with van der Waals surface area (Å²) in [5.74, 6) is 0.355. The molecule has 0 aliphatic rings. The van der Waals surface area contributed by atoms with Crippen LogP contribution in [0.3, 0.4) is 0 Å². The molecule has 0 spiro atoms. The Morgan fingerprint density at radius 3 is 2.89 bits per heavy atom. The monoisotopic (exact) mass is 421 g/mol. The zero-order chi connectivity index (χ0) is 18.6. The van der Waals surface area contributed by atoms with Gasteiger partial charge in [0.05, 0.1) is 6.21 Å². The van der Waals surface area contributed by atoms with Crippen LogP contribution in [0.1, 0.15) is 5.56 Å². The fourth-order valence-corrected chi connectivity index (χ4v) is 3.25. The Balaban J connectivity index is 1.39. The van der Waals surface area contributed by atoms with Crippen molar-refractivity contribution in [3.8, 4) is 5.75 Å². The van der Waals surface area contributed by atoms with Gasteiger partial charge in [0.1, 0.15) is 5.75 Å². The van der Waals surface area contributed by atoms with E-state index in [1.54, 1.807) is 6.21 Å². The number of ether oxygens (including phenoxy) is 1. The van der Waals surface area contributed by atoms with Gasteiger partial charge in [-0.3, -0.25) is 4.79 Å². The second-order valence-electron chi connectivity index (χ2n) is 5.99. The Morgan fingerprint density at radius 2 is 1.96 bits per heavy atom. The summed E-state index contributed by atoms with van der Waals surface area (Å²) in [7, 11) is 0. The van der Waals surface area contributed by atoms with E-state index < -0.39 is 0 Å². The largest absolute Gasteiger partial charge is 0.483 e. The molecule has 0 saturated carbocycles. The number of amides is 1. The van der Waals surface area contributed by atoms with E-state index in [0.717, 1.165) is 31.7 Å². The number of benzene rings is 3. The van der Waals surface area contributed by atoms with Crippen molar-refractivity contribution in [3.63, 3.8) is 0 Å². The summed E-state index contributed by atoms with van der Waals surface area (Å²) in [5, 5.41) is 7.09. The fraction of sp³-hybridized carbons (Fsp3) is 0.0476. The SMILES string of the molecule is O=C(COc1cccc2ccccc12)N/N=C\c1c[nH]c2ccc(Br)cc12. The minimum absolute atomic E-state index is 0.106. The molecule has 4 aromatic rings.